The molecule has 2 N–H and O–H groups in total. The van der Waals surface area contributed by atoms with Crippen molar-refractivity contribution < 1.29 is 9.18 Å². The van der Waals surface area contributed by atoms with Crippen LogP contribution in [0.3, 0.4) is 0 Å². The van der Waals surface area contributed by atoms with Crippen LogP contribution >= 0.6 is 11.6 Å². The molecule has 1 aromatic heterocycles. The van der Waals surface area contributed by atoms with Crippen LogP contribution in [0.25, 0.3) is 0 Å². The van der Waals surface area contributed by atoms with E-state index in [0.29, 0.717) is 34.2 Å². The summed E-state index contributed by atoms with van der Waals surface area (Å²) in [5.41, 5.74) is 3.21. The second kappa shape index (κ2) is 9.38. The van der Waals surface area contributed by atoms with E-state index < -0.39 is 0 Å². The van der Waals surface area contributed by atoms with Gasteiger partial charge in [-0.05, 0) is 53.4 Å². The first kappa shape index (κ1) is 21.3. The second-order valence-corrected chi connectivity index (χ2v) is 7.46. The highest BCUT2D eigenvalue weighted by Crippen LogP contribution is 2.26. The van der Waals surface area contributed by atoms with E-state index in [1.807, 2.05) is 26.0 Å². The van der Waals surface area contributed by atoms with E-state index in [4.69, 9.17) is 16.9 Å². The third-order valence-corrected chi connectivity index (χ3v) is 4.84. The molecule has 1 heterocycles. The Kier molecular flexibility index (Phi) is 6.65. The number of benzene rings is 2. The second-order valence-electron chi connectivity index (χ2n) is 7.05. The van der Waals surface area contributed by atoms with Crippen LogP contribution in [-0.4, -0.2) is 10.9 Å². The first-order chi connectivity index (χ1) is 14.4. The molecule has 0 saturated heterocycles. The summed E-state index contributed by atoms with van der Waals surface area (Å²) in [6.45, 7) is 4.28. The lowest BCUT2D eigenvalue weighted by atomic mass is 9.98. The molecule has 0 aliphatic carbocycles. The minimum Gasteiger partial charge on any atom is -0.348 e. The van der Waals surface area contributed by atoms with E-state index in [0.717, 1.165) is 11.1 Å². The van der Waals surface area contributed by atoms with Crippen LogP contribution in [0.4, 0.5) is 15.9 Å². The van der Waals surface area contributed by atoms with Crippen molar-refractivity contribution in [3.05, 3.63) is 87.8 Å². The van der Waals surface area contributed by atoms with Crippen molar-refractivity contribution in [1.29, 1.82) is 5.26 Å². The first-order valence-corrected chi connectivity index (χ1v) is 9.74. The van der Waals surface area contributed by atoms with Gasteiger partial charge in [-0.3, -0.25) is 4.79 Å². The number of halogens is 2. The van der Waals surface area contributed by atoms with E-state index >= 15 is 0 Å². The molecule has 152 valence electrons. The zero-order chi connectivity index (χ0) is 21.7. The van der Waals surface area contributed by atoms with Crippen molar-refractivity contribution in [3.8, 4) is 6.07 Å². The maximum absolute atomic E-state index is 13.0. The van der Waals surface area contributed by atoms with Crippen LogP contribution in [0.5, 0.6) is 0 Å². The van der Waals surface area contributed by atoms with Crippen LogP contribution in [-0.2, 0) is 6.54 Å². The monoisotopic (exact) mass is 422 g/mol. The number of nitrogens with zero attached hydrogens (tertiary/aromatic N) is 2. The summed E-state index contributed by atoms with van der Waals surface area (Å²) in [5.74, 6) is 0.0886. The molecule has 0 atom stereocenters. The fraction of sp³-hybridized carbons (Fsp3) is 0.174. The summed E-state index contributed by atoms with van der Waals surface area (Å²) in [4.78, 5) is 17.0. The molecule has 0 radical (unpaired) electrons. The molecule has 0 saturated carbocycles. The smallest absolute Gasteiger partial charge is 0.253 e. The largest absolute Gasteiger partial charge is 0.348 e. The van der Waals surface area contributed by atoms with Gasteiger partial charge in [0.1, 0.15) is 17.7 Å². The Balaban J connectivity index is 1.77. The average molecular weight is 423 g/mol. The molecule has 0 aliphatic heterocycles. The number of pyridine rings is 1. The van der Waals surface area contributed by atoms with Crippen molar-refractivity contribution in [2.75, 3.05) is 5.32 Å². The van der Waals surface area contributed by atoms with E-state index in [9.17, 15) is 9.18 Å². The molecular formula is C23H20ClFN4O. The Labute approximate surface area is 179 Å². The molecule has 0 spiro atoms. The zero-order valence-electron chi connectivity index (χ0n) is 16.5. The first-order valence-electron chi connectivity index (χ1n) is 9.36. The van der Waals surface area contributed by atoms with Gasteiger partial charge in [0, 0.05) is 18.4 Å². The topological polar surface area (TPSA) is 77.8 Å². The van der Waals surface area contributed by atoms with Gasteiger partial charge in [-0.2, -0.15) is 5.26 Å². The molecule has 5 nitrogen and oxygen atoms in total. The molecule has 0 aliphatic rings. The third-order valence-electron chi connectivity index (χ3n) is 4.53. The van der Waals surface area contributed by atoms with Gasteiger partial charge in [-0.15, -0.1) is 0 Å². The maximum Gasteiger partial charge on any atom is 0.253 e. The number of nitrogens with one attached hydrogen (secondary N) is 2. The highest BCUT2D eigenvalue weighted by atomic mass is 35.5. The molecule has 0 bridgehead atoms. The number of hydrogen-bond donors (Lipinski definition) is 2. The lowest BCUT2D eigenvalue weighted by molar-refractivity contribution is 0.0949. The Hall–Kier alpha value is -3.43. The molecule has 0 unspecified atom stereocenters. The summed E-state index contributed by atoms with van der Waals surface area (Å²) in [5, 5.41) is 15.3. The van der Waals surface area contributed by atoms with E-state index in [1.165, 1.54) is 18.3 Å². The third kappa shape index (κ3) is 5.13. The van der Waals surface area contributed by atoms with E-state index in [-0.39, 0.29) is 17.6 Å². The predicted octanol–water partition coefficient (Wildman–Crippen LogP) is 5.54. The zero-order valence-corrected chi connectivity index (χ0v) is 17.3. The van der Waals surface area contributed by atoms with Gasteiger partial charge in [0.05, 0.1) is 16.1 Å². The number of carbonyl (C=O) groups is 1. The summed E-state index contributed by atoms with van der Waals surface area (Å²) < 4.78 is 13.0. The number of carbonyl (C=O) groups excluding carboxylic acids is 1. The van der Waals surface area contributed by atoms with Gasteiger partial charge in [-0.25, -0.2) is 9.37 Å². The summed E-state index contributed by atoms with van der Waals surface area (Å²) in [7, 11) is 0. The molecular weight excluding hydrogens is 403 g/mol. The normalized spacial score (nSPS) is 10.5. The maximum atomic E-state index is 13.0. The minimum atomic E-state index is -0.317. The van der Waals surface area contributed by atoms with Gasteiger partial charge in [0.25, 0.3) is 5.91 Å². The van der Waals surface area contributed by atoms with E-state index in [2.05, 4.69) is 15.6 Å². The molecule has 1 amide bonds. The van der Waals surface area contributed by atoms with Crippen LogP contribution in [0.2, 0.25) is 5.02 Å². The molecule has 7 heteroatoms. The van der Waals surface area contributed by atoms with Crippen LogP contribution in [0.1, 0.15) is 46.8 Å². The van der Waals surface area contributed by atoms with Crippen LogP contribution in [0, 0.1) is 17.1 Å². The van der Waals surface area contributed by atoms with Gasteiger partial charge in [0.15, 0.2) is 0 Å². The van der Waals surface area contributed by atoms with Crippen molar-refractivity contribution in [2.45, 2.75) is 26.3 Å². The highest BCUT2D eigenvalue weighted by molar-refractivity contribution is 6.32. The molecule has 3 rings (SSSR count). The minimum absolute atomic E-state index is 0.0877. The van der Waals surface area contributed by atoms with Crippen molar-refractivity contribution >= 4 is 29.0 Å². The quantitative estimate of drug-likeness (QED) is 0.546. The van der Waals surface area contributed by atoms with Gasteiger partial charge < -0.3 is 10.6 Å². The van der Waals surface area contributed by atoms with Crippen LogP contribution < -0.4 is 10.6 Å². The molecule has 3 aromatic rings. The summed E-state index contributed by atoms with van der Waals surface area (Å²) in [6, 6.07) is 14.8. The Morgan fingerprint density at radius 3 is 2.57 bits per heavy atom. The lowest BCUT2D eigenvalue weighted by Crippen LogP contribution is -2.24. The van der Waals surface area contributed by atoms with Crippen molar-refractivity contribution in [3.63, 3.8) is 0 Å². The SMILES string of the molecule is CC(C)c1cc(Nc2ccc(C#N)c(Cl)c2)ncc1C(=O)NCc1ccc(F)cc1. The predicted molar refractivity (Wildman–Crippen MR) is 115 cm³/mol. The van der Waals surface area contributed by atoms with Crippen molar-refractivity contribution in [2.24, 2.45) is 0 Å². The Morgan fingerprint density at radius 1 is 1.20 bits per heavy atom. The number of amides is 1. The van der Waals surface area contributed by atoms with Gasteiger partial charge >= 0.3 is 0 Å². The van der Waals surface area contributed by atoms with Crippen LogP contribution in [0.15, 0.2) is 54.7 Å². The fourth-order valence-corrected chi connectivity index (χ4v) is 3.14. The summed E-state index contributed by atoms with van der Waals surface area (Å²) >= 11 is 6.08. The van der Waals surface area contributed by atoms with Gasteiger partial charge in [-0.1, -0.05) is 37.6 Å². The lowest BCUT2D eigenvalue weighted by Gasteiger charge is -2.15. The Morgan fingerprint density at radius 2 is 1.93 bits per heavy atom. The Bertz CT molecular complexity index is 1110. The fourth-order valence-electron chi connectivity index (χ4n) is 2.92. The standard InChI is InChI=1S/C23H20ClFN4O/c1-14(2)19-10-22(29-18-8-5-16(11-26)21(24)9-18)27-13-20(19)23(30)28-12-15-3-6-17(25)7-4-15/h3-10,13-14H,12H2,1-2H3,(H,27,29)(H,28,30). The number of hydrogen-bond acceptors (Lipinski definition) is 4. The van der Waals surface area contributed by atoms with E-state index in [1.54, 1.807) is 30.3 Å². The molecule has 0 fully saturated rings. The average Bonchev–Trinajstić information content (AvgIpc) is 2.73. The van der Waals surface area contributed by atoms with Crippen molar-refractivity contribution in [1.82, 2.24) is 10.3 Å². The summed E-state index contributed by atoms with van der Waals surface area (Å²) in [6.07, 6.45) is 1.53. The highest BCUT2D eigenvalue weighted by Gasteiger charge is 2.16. The number of aromatic nitrogens is 1. The number of anilines is 2. The number of rotatable bonds is 6. The number of nitriles is 1. The molecule has 2 aromatic carbocycles. The van der Waals surface area contributed by atoms with Gasteiger partial charge in [0.2, 0.25) is 0 Å². The molecule has 30 heavy (non-hydrogen) atoms.